The van der Waals surface area contributed by atoms with Gasteiger partial charge in [0.1, 0.15) is 35.4 Å². The van der Waals surface area contributed by atoms with E-state index < -0.39 is 28.8 Å². The van der Waals surface area contributed by atoms with Crippen LogP contribution in [0.3, 0.4) is 0 Å². The van der Waals surface area contributed by atoms with Crippen LogP contribution in [-0.4, -0.2) is 36.7 Å². The van der Waals surface area contributed by atoms with Crippen LogP contribution < -0.4 is 4.74 Å². The molecule has 2 aromatic carbocycles. The second-order valence-corrected chi connectivity index (χ2v) is 6.88. The first-order valence-electron chi connectivity index (χ1n) is 9.21. The van der Waals surface area contributed by atoms with Gasteiger partial charge in [-0.2, -0.15) is 0 Å². The number of fused-ring (bicyclic) bond motifs is 3. The van der Waals surface area contributed by atoms with Crippen molar-refractivity contribution in [3.8, 4) is 17.1 Å². The monoisotopic (exact) mass is 429 g/mol. The number of furan rings is 1. The molecule has 1 atom stereocenters. The summed E-state index contributed by atoms with van der Waals surface area (Å²) in [7, 11) is 1.20. The molecule has 1 aromatic heterocycles. The fourth-order valence-electron chi connectivity index (χ4n) is 3.61. The number of nitrogens with zero attached hydrogens (tertiary/aromatic N) is 1. The molecule has 0 spiro atoms. The molecule has 1 aliphatic rings. The van der Waals surface area contributed by atoms with Gasteiger partial charge >= 0.3 is 17.6 Å². The second kappa shape index (κ2) is 7.71. The lowest BCUT2D eigenvalue weighted by atomic mass is 9.98. The third-order valence-corrected chi connectivity index (χ3v) is 4.89. The first-order chi connectivity index (χ1) is 14.8. The molecule has 1 aliphatic heterocycles. The number of nitro benzene ring substituents is 1. The first-order valence-corrected chi connectivity index (χ1v) is 9.21. The van der Waals surface area contributed by atoms with Gasteiger partial charge in [0.25, 0.3) is 0 Å². The lowest BCUT2D eigenvalue weighted by Gasteiger charge is -2.09. The van der Waals surface area contributed by atoms with E-state index in [1.165, 1.54) is 44.4 Å². The Hall–Kier alpha value is -3.95. The van der Waals surface area contributed by atoms with Gasteiger partial charge in [0.05, 0.1) is 18.1 Å². The molecule has 10 heteroatoms. The van der Waals surface area contributed by atoms with Gasteiger partial charge in [-0.1, -0.05) is 0 Å². The van der Waals surface area contributed by atoms with E-state index in [0.717, 1.165) is 0 Å². The van der Waals surface area contributed by atoms with E-state index >= 15 is 0 Å². The average Bonchev–Trinajstić information content (AvgIpc) is 3.32. The standard InChI is InChI=1S/C21H16FNO8/c1-10(24)29-9-13-7-14-17-16(8-15(23(26)27)20(14)30-13)31-19(18(17)21(25)28-2)11-3-5-12(22)6-4-11/h3-6,8,13H,7,9H2,1-2H3. The van der Waals surface area contributed by atoms with Crippen molar-refractivity contribution in [2.24, 2.45) is 0 Å². The Morgan fingerprint density at radius 3 is 2.61 bits per heavy atom. The number of carbonyl (C=O) groups is 2. The highest BCUT2D eigenvalue weighted by Crippen LogP contribution is 2.47. The predicted molar refractivity (Wildman–Crippen MR) is 104 cm³/mol. The Morgan fingerprint density at radius 2 is 2.00 bits per heavy atom. The summed E-state index contributed by atoms with van der Waals surface area (Å²) in [6.07, 6.45) is -0.523. The summed E-state index contributed by atoms with van der Waals surface area (Å²) in [5.74, 6) is -1.65. The summed E-state index contributed by atoms with van der Waals surface area (Å²) in [4.78, 5) is 34.8. The molecular formula is C21H16FNO8. The molecule has 0 fully saturated rings. The van der Waals surface area contributed by atoms with Crippen LogP contribution in [0.5, 0.6) is 5.75 Å². The summed E-state index contributed by atoms with van der Waals surface area (Å²) in [5.41, 5.74) is 0.557. The number of rotatable bonds is 5. The van der Waals surface area contributed by atoms with E-state index in [1.807, 2.05) is 0 Å². The number of carbonyl (C=O) groups excluding carboxylic acids is 2. The highest BCUT2D eigenvalue weighted by molar-refractivity contribution is 6.11. The van der Waals surface area contributed by atoms with E-state index in [0.29, 0.717) is 16.5 Å². The third kappa shape index (κ3) is 3.56. The Labute approximate surface area is 174 Å². The number of nitro groups is 1. The number of benzene rings is 2. The van der Waals surface area contributed by atoms with Crippen LogP contribution in [0.4, 0.5) is 10.1 Å². The van der Waals surface area contributed by atoms with E-state index in [9.17, 15) is 24.1 Å². The molecule has 2 heterocycles. The Kier molecular flexibility index (Phi) is 5.05. The van der Waals surface area contributed by atoms with E-state index in [-0.39, 0.29) is 41.4 Å². The summed E-state index contributed by atoms with van der Waals surface area (Å²) < 4.78 is 34.8. The van der Waals surface area contributed by atoms with Crippen molar-refractivity contribution < 1.29 is 37.5 Å². The second-order valence-electron chi connectivity index (χ2n) is 6.88. The smallest absolute Gasteiger partial charge is 0.342 e. The molecule has 0 bridgehead atoms. The summed E-state index contributed by atoms with van der Waals surface area (Å²) >= 11 is 0. The molecule has 4 rings (SSSR count). The normalized spacial score (nSPS) is 14.7. The van der Waals surface area contributed by atoms with Gasteiger partial charge in [0.15, 0.2) is 0 Å². The maximum atomic E-state index is 13.4. The zero-order chi connectivity index (χ0) is 22.3. The van der Waals surface area contributed by atoms with Crippen molar-refractivity contribution in [2.45, 2.75) is 19.4 Å². The zero-order valence-electron chi connectivity index (χ0n) is 16.5. The largest absolute Gasteiger partial charge is 0.479 e. The minimum Gasteiger partial charge on any atom is -0.479 e. The quantitative estimate of drug-likeness (QED) is 0.341. The van der Waals surface area contributed by atoms with Crippen molar-refractivity contribution in [1.82, 2.24) is 0 Å². The van der Waals surface area contributed by atoms with Crippen molar-refractivity contribution in [3.05, 3.63) is 57.4 Å². The minimum atomic E-state index is -0.724. The van der Waals surface area contributed by atoms with Crippen LogP contribution in [-0.2, 0) is 20.7 Å². The van der Waals surface area contributed by atoms with Gasteiger partial charge < -0.3 is 18.6 Å². The van der Waals surface area contributed by atoms with Gasteiger partial charge in [0, 0.05) is 29.9 Å². The Balaban J connectivity index is 1.95. The molecule has 0 saturated carbocycles. The Bertz CT molecular complexity index is 1210. The van der Waals surface area contributed by atoms with Crippen molar-refractivity contribution in [2.75, 3.05) is 13.7 Å². The lowest BCUT2D eigenvalue weighted by molar-refractivity contribution is -0.385. The molecule has 0 saturated heterocycles. The lowest BCUT2D eigenvalue weighted by Crippen LogP contribution is -2.22. The number of ether oxygens (including phenoxy) is 3. The molecule has 160 valence electrons. The van der Waals surface area contributed by atoms with Crippen LogP contribution in [0, 0.1) is 15.9 Å². The number of hydrogen-bond donors (Lipinski definition) is 0. The topological polar surface area (TPSA) is 118 Å². The molecular weight excluding hydrogens is 413 g/mol. The van der Waals surface area contributed by atoms with Crippen LogP contribution in [0.25, 0.3) is 22.3 Å². The van der Waals surface area contributed by atoms with Crippen LogP contribution >= 0.6 is 0 Å². The molecule has 9 nitrogen and oxygen atoms in total. The van der Waals surface area contributed by atoms with Gasteiger partial charge in [-0.05, 0) is 24.3 Å². The highest BCUT2D eigenvalue weighted by atomic mass is 19.1. The maximum Gasteiger partial charge on any atom is 0.342 e. The predicted octanol–water partition coefficient (Wildman–Crippen LogP) is 3.80. The van der Waals surface area contributed by atoms with Crippen LogP contribution in [0.1, 0.15) is 22.8 Å². The zero-order valence-corrected chi connectivity index (χ0v) is 16.5. The van der Waals surface area contributed by atoms with Gasteiger partial charge in [-0.15, -0.1) is 0 Å². The molecule has 1 unspecified atom stereocenters. The van der Waals surface area contributed by atoms with Gasteiger partial charge in [-0.25, -0.2) is 9.18 Å². The van der Waals surface area contributed by atoms with Crippen LogP contribution in [0.2, 0.25) is 0 Å². The SMILES string of the molecule is COC(=O)c1c(-c2ccc(F)cc2)oc2cc([N+](=O)[O-])c3c(c12)CC(COC(C)=O)O3. The fraction of sp³-hybridized carbons (Fsp3) is 0.238. The van der Waals surface area contributed by atoms with Gasteiger partial charge in [0.2, 0.25) is 5.75 Å². The molecule has 0 N–H and O–H groups in total. The van der Waals surface area contributed by atoms with E-state index in [1.54, 1.807) is 0 Å². The number of esters is 2. The molecule has 0 radical (unpaired) electrons. The number of methoxy groups -OCH3 is 1. The highest BCUT2D eigenvalue weighted by Gasteiger charge is 2.37. The maximum absolute atomic E-state index is 13.4. The summed E-state index contributed by atoms with van der Waals surface area (Å²) in [5, 5.41) is 11.9. The van der Waals surface area contributed by atoms with Crippen molar-refractivity contribution in [1.29, 1.82) is 0 Å². The minimum absolute atomic E-state index is 0.0220. The average molecular weight is 429 g/mol. The third-order valence-electron chi connectivity index (χ3n) is 4.89. The molecule has 0 aliphatic carbocycles. The number of halogens is 1. The number of hydrogen-bond acceptors (Lipinski definition) is 8. The molecule has 31 heavy (non-hydrogen) atoms. The first kappa shape index (κ1) is 20.3. The summed E-state index contributed by atoms with van der Waals surface area (Å²) in [6.45, 7) is 1.13. The van der Waals surface area contributed by atoms with E-state index in [2.05, 4.69) is 0 Å². The van der Waals surface area contributed by atoms with Crippen molar-refractivity contribution in [3.63, 3.8) is 0 Å². The molecule has 3 aromatic rings. The van der Waals surface area contributed by atoms with Gasteiger partial charge in [-0.3, -0.25) is 14.9 Å². The fourth-order valence-corrected chi connectivity index (χ4v) is 3.61. The van der Waals surface area contributed by atoms with E-state index in [4.69, 9.17) is 18.6 Å². The summed E-state index contributed by atoms with van der Waals surface area (Å²) in [6, 6.07) is 6.42. The Morgan fingerprint density at radius 1 is 1.29 bits per heavy atom. The molecule has 0 amide bonds. The van der Waals surface area contributed by atoms with Crippen LogP contribution in [0.15, 0.2) is 34.7 Å². The van der Waals surface area contributed by atoms with Crippen molar-refractivity contribution >= 4 is 28.6 Å².